The summed E-state index contributed by atoms with van der Waals surface area (Å²) < 4.78 is 7.37. The second-order valence-corrected chi connectivity index (χ2v) is 11.6. The molecule has 2 aromatic rings. The van der Waals surface area contributed by atoms with Gasteiger partial charge in [0.05, 0.1) is 22.8 Å². The predicted molar refractivity (Wildman–Crippen MR) is 131 cm³/mol. The van der Waals surface area contributed by atoms with Crippen LogP contribution in [0.4, 0.5) is 0 Å². The number of carbonyl (C=O) groups is 1. The number of benzene rings is 1. The van der Waals surface area contributed by atoms with Crippen molar-refractivity contribution in [2.24, 2.45) is 17.8 Å². The highest BCUT2D eigenvalue weighted by atomic mass is 32.2. The van der Waals surface area contributed by atoms with Crippen molar-refractivity contribution < 1.29 is 9.53 Å². The van der Waals surface area contributed by atoms with Crippen LogP contribution < -0.4 is 10.9 Å². The van der Waals surface area contributed by atoms with Crippen LogP contribution in [0.5, 0.6) is 0 Å². The Labute approximate surface area is 199 Å². The molecule has 33 heavy (non-hydrogen) atoms. The molecule has 1 aromatic heterocycles. The molecule has 0 atom stereocenters. The second kappa shape index (κ2) is 9.41. The lowest BCUT2D eigenvalue weighted by Crippen LogP contribution is -2.60. The zero-order valence-corrected chi connectivity index (χ0v) is 20.5. The van der Waals surface area contributed by atoms with Gasteiger partial charge in [0.25, 0.3) is 5.56 Å². The first-order valence-corrected chi connectivity index (χ1v) is 13.4. The maximum atomic E-state index is 13.2. The van der Waals surface area contributed by atoms with E-state index in [1.54, 1.807) is 4.57 Å². The van der Waals surface area contributed by atoms with Gasteiger partial charge >= 0.3 is 0 Å². The van der Waals surface area contributed by atoms with Gasteiger partial charge in [0.1, 0.15) is 0 Å². The van der Waals surface area contributed by atoms with Crippen molar-refractivity contribution >= 4 is 28.6 Å². The van der Waals surface area contributed by atoms with E-state index in [9.17, 15) is 9.59 Å². The minimum atomic E-state index is -0.0471. The number of fused-ring (bicyclic) bond motifs is 1. The average Bonchev–Trinajstić information content (AvgIpc) is 2.75. The van der Waals surface area contributed by atoms with E-state index in [1.165, 1.54) is 31.0 Å². The number of thioether (sulfide) groups is 1. The highest BCUT2D eigenvalue weighted by molar-refractivity contribution is 7.99. The third-order valence-corrected chi connectivity index (χ3v) is 8.56. The summed E-state index contributed by atoms with van der Waals surface area (Å²) in [6, 6.07) is 7.44. The quantitative estimate of drug-likeness (QED) is 0.335. The van der Waals surface area contributed by atoms with Crippen molar-refractivity contribution in [1.82, 2.24) is 14.9 Å². The average molecular weight is 470 g/mol. The Bertz CT molecular complexity index is 1040. The first kappa shape index (κ1) is 22.9. The number of carbonyl (C=O) groups excluding carboxylic acids is 1. The Morgan fingerprint density at radius 2 is 1.85 bits per heavy atom. The Morgan fingerprint density at radius 3 is 2.52 bits per heavy atom. The highest BCUT2D eigenvalue weighted by Gasteiger charge is 2.51. The maximum Gasteiger partial charge on any atom is 0.262 e. The van der Waals surface area contributed by atoms with Crippen LogP contribution >= 0.6 is 11.8 Å². The maximum absolute atomic E-state index is 13.2. The number of nitrogens with one attached hydrogen (secondary N) is 1. The first-order chi connectivity index (χ1) is 15.9. The number of nitrogens with zero attached hydrogens (tertiary/aromatic N) is 2. The smallest absolute Gasteiger partial charge is 0.262 e. The summed E-state index contributed by atoms with van der Waals surface area (Å²) in [6.45, 7) is 5.14. The summed E-state index contributed by atoms with van der Waals surface area (Å²) in [4.78, 5) is 31.0. The van der Waals surface area contributed by atoms with Crippen LogP contribution in [-0.2, 0) is 16.1 Å². The van der Waals surface area contributed by atoms with E-state index in [-0.39, 0.29) is 28.9 Å². The number of rotatable bonds is 9. The van der Waals surface area contributed by atoms with Crippen molar-refractivity contribution in [3.05, 3.63) is 34.6 Å². The van der Waals surface area contributed by atoms with E-state index in [1.807, 2.05) is 38.1 Å². The van der Waals surface area contributed by atoms with Gasteiger partial charge in [-0.3, -0.25) is 14.2 Å². The molecule has 4 aliphatic carbocycles. The molecular weight excluding hydrogens is 434 g/mol. The fourth-order valence-corrected chi connectivity index (χ4v) is 7.55. The summed E-state index contributed by atoms with van der Waals surface area (Å²) >= 11 is 1.38. The van der Waals surface area contributed by atoms with Crippen LogP contribution in [0.15, 0.2) is 34.2 Å². The third-order valence-electron chi connectivity index (χ3n) is 7.58. The molecule has 0 unspecified atom stereocenters. The van der Waals surface area contributed by atoms with Crippen molar-refractivity contribution in [3.8, 4) is 0 Å². The second-order valence-electron chi connectivity index (χ2n) is 10.7. The lowest BCUT2D eigenvalue weighted by molar-refractivity contribution is -0.124. The number of hydrogen-bond acceptors (Lipinski definition) is 5. The highest BCUT2D eigenvalue weighted by Crippen LogP contribution is 2.55. The van der Waals surface area contributed by atoms with Gasteiger partial charge in [0, 0.05) is 18.7 Å². The molecule has 7 heteroatoms. The molecule has 0 radical (unpaired) electrons. The van der Waals surface area contributed by atoms with Crippen LogP contribution in [0.2, 0.25) is 0 Å². The molecule has 6 nitrogen and oxygen atoms in total. The molecule has 0 spiro atoms. The molecule has 1 N–H and O–H groups in total. The Balaban J connectivity index is 1.29. The Hall–Kier alpha value is -1.86. The van der Waals surface area contributed by atoms with Crippen molar-refractivity contribution in [2.75, 3.05) is 12.4 Å². The van der Waals surface area contributed by atoms with E-state index in [0.29, 0.717) is 29.2 Å². The molecule has 1 aromatic carbocycles. The lowest BCUT2D eigenvalue weighted by Gasteiger charge is -2.56. The van der Waals surface area contributed by atoms with E-state index in [4.69, 9.17) is 9.72 Å². The first-order valence-electron chi connectivity index (χ1n) is 12.5. The summed E-state index contributed by atoms with van der Waals surface area (Å²) in [5.41, 5.74) is 0.646. The third kappa shape index (κ3) is 4.99. The van der Waals surface area contributed by atoms with Crippen molar-refractivity contribution in [2.45, 2.75) is 82.1 Å². The van der Waals surface area contributed by atoms with Gasteiger partial charge < -0.3 is 10.1 Å². The summed E-state index contributed by atoms with van der Waals surface area (Å²) in [6.07, 6.45) is 8.40. The lowest BCUT2D eigenvalue weighted by atomic mass is 9.53. The number of para-hydroxylation sites is 1. The van der Waals surface area contributed by atoms with Crippen molar-refractivity contribution in [1.29, 1.82) is 0 Å². The fraction of sp³-hybridized carbons (Fsp3) is 0.654. The number of hydrogen-bond donors (Lipinski definition) is 1. The predicted octanol–water partition coefficient (Wildman–Crippen LogP) is 4.39. The monoisotopic (exact) mass is 469 g/mol. The van der Waals surface area contributed by atoms with Crippen LogP contribution in [-0.4, -0.2) is 39.5 Å². The summed E-state index contributed by atoms with van der Waals surface area (Å²) in [7, 11) is 0. The molecule has 178 valence electrons. The number of amides is 1. The normalized spacial score (nSPS) is 28.0. The molecule has 6 rings (SSSR count). The number of aromatic nitrogens is 2. The summed E-state index contributed by atoms with van der Waals surface area (Å²) in [5, 5.41) is 4.67. The Kier molecular flexibility index (Phi) is 6.54. The SMILES string of the molecule is CC(C)OCCCn1c(SCC(=O)NC23CC4CC(CC(C4)C2)C3)nc2ccccc2c1=O. The Morgan fingerprint density at radius 1 is 1.18 bits per heavy atom. The molecule has 4 bridgehead atoms. The summed E-state index contributed by atoms with van der Waals surface area (Å²) in [5.74, 6) is 2.74. The van der Waals surface area contributed by atoms with Gasteiger partial charge in [-0.2, -0.15) is 0 Å². The minimum Gasteiger partial charge on any atom is -0.379 e. The van der Waals surface area contributed by atoms with Crippen LogP contribution in [0.25, 0.3) is 10.9 Å². The van der Waals surface area contributed by atoms with Gasteiger partial charge in [-0.25, -0.2) is 4.98 Å². The van der Waals surface area contributed by atoms with E-state index >= 15 is 0 Å². The largest absolute Gasteiger partial charge is 0.379 e. The van der Waals surface area contributed by atoms with Crippen LogP contribution in [0, 0.1) is 17.8 Å². The molecule has 0 aliphatic heterocycles. The van der Waals surface area contributed by atoms with Gasteiger partial charge in [-0.05, 0) is 88.7 Å². The molecular formula is C26H35N3O3S. The van der Waals surface area contributed by atoms with E-state index in [2.05, 4.69) is 5.32 Å². The molecule has 0 saturated heterocycles. The molecule has 1 amide bonds. The van der Waals surface area contributed by atoms with Crippen LogP contribution in [0.1, 0.15) is 58.8 Å². The molecule has 4 aliphatic rings. The van der Waals surface area contributed by atoms with E-state index in [0.717, 1.165) is 43.4 Å². The van der Waals surface area contributed by atoms with Gasteiger partial charge in [-0.15, -0.1) is 0 Å². The van der Waals surface area contributed by atoms with Gasteiger partial charge in [0.2, 0.25) is 5.91 Å². The number of ether oxygens (including phenoxy) is 1. The van der Waals surface area contributed by atoms with Gasteiger partial charge in [-0.1, -0.05) is 23.9 Å². The molecule has 4 fully saturated rings. The zero-order chi connectivity index (χ0) is 23.0. The molecule has 1 heterocycles. The standard InChI is InChI=1S/C26H35N3O3S/c1-17(2)32-9-5-8-29-24(31)21-6-3-4-7-22(21)27-25(29)33-16-23(30)28-26-13-18-10-19(14-26)12-20(11-18)15-26/h3-4,6-7,17-20H,5,8-16H2,1-2H3,(H,28,30). The topological polar surface area (TPSA) is 73.2 Å². The van der Waals surface area contributed by atoms with Crippen LogP contribution in [0.3, 0.4) is 0 Å². The zero-order valence-electron chi connectivity index (χ0n) is 19.7. The fourth-order valence-electron chi connectivity index (χ4n) is 6.72. The van der Waals surface area contributed by atoms with Gasteiger partial charge in [0.15, 0.2) is 5.16 Å². The molecule has 4 saturated carbocycles. The minimum absolute atomic E-state index is 0.0110. The van der Waals surface area contributed by atoms with Crippen molar-refractivity contribution in [3.63, 3.8) is 0 Å². The van der Waals surface area contributed by atoms with E-state index < -0.39 is 0 Å².